The minimum atomic E-state index is -0.383. The second-order valence-electron chi connectivity index (χ2n) is 2.98. The van der Waals surface area contributed by atoms with Gasteiger partial charge >= 0.3 is 0 Å². The summed E-state index contributed by atoms with van der Waals surface area (Å²) in [5.41, 5.74) is 5.55. The molecule has 7 heteroatoms. The predicted molar refractivity (Wildman–Crippen MR) is 71.6 cm³/mol. The molecule has 1 aromatic rings. The van der Waals surface area contributed by atoms with Gasteiger partial charge in [0.25, 0.3) is 0 Å². The Labute approximate surface area is 112 Å². The minimum absolute atomic E-state index is 0. The summed E-state index contributed by atoms with van der Waals surface area (Å²) in [5, 5.41) is 5.74. The molecular formula is C9H17Cl2N3OS. The summed E-state index contributed by atoms with van der Waals surface area (Å²) in [6, 6.07) is -0.383. The van der Waals surface area contributed by atoms with Crippen LogP contribution in [0.2, 0.25) is 0 Å². The van der Waals surface area contributed by atoms with Crippen LogP contribution in [0.1, 0.15) is 18.4 Å². The minimum Gasteiger partial charge on any atom is -0.354 e. The van der Waals surface area contributed by atoms with Gasteiger partial charge in [-0.1, -0.05) is 6.92 Å². The van der Waals surface area contributed by atoms with Crippen LogP contribution in [0.25, 0.3) is 0 Å². The van der Waals surface area contributed by atoms with Crippen LogP contribution in [-0.2, 0) is 11.2 Å². The van der Waals surface area contributed by atoms with E-state index in [9.17, 15) is 4.79 Å². The summed E-state index contributed by atoms with van der Waals surface area (Å²) < 4.78 is 0. The molecule has 0 aliphatic carbocycles. The lowest BCUT2D eigenvalue weighted by atomic mass is 10.2. The first kappa shape index (κ1) is 18.0. The van der Waals surface area contributed by atoms with Crippen molar-refractivity contribution in [2.24, 2.45) is 5.73 Å². The fourth-order valence-electron chi connectivity index (χ4n) is 0.986. The Morgan fingerprint density at radius 1 is 1.62 bits per heavy atom. The molecule has 0 saturated carbocycles. The van der Waals surface area contributed by atoms with Crippen molar-refractivity contribution in [3.05, 3.63) is 16.6 Å². The molecule has 0 aliphatic heterocycles. The molecule has 1 rings (SSSR count). The molecule has 0 fully saturated rings. The number of halogens is 2. The molecule has 0 radical (unpaired) electrons. The molecule has 1 aromatic heterocycles. The molecule has 0 spiro atoms. The van der Waals surface area contributed by atoms with Crippen molar-refractivity contribution in [2.45, 2.75) is 25.8 Å². The molecule has 94 valence electrons. The smallest absolute Gasteiger partial charge is 0.236 e. The van der Waals surface area contributed by atoms with Gasteiger partial charge in [-0.25, -0.2) is 4.98 Å². The van der Waals surface area contributed by atoms with Crippen LogP contribution in [0.15, 0.2) is 11.6 Å². The standard InChI is InChI=1S/C9H15N3OS.2ClH/c1-2-7(10)9(13)12-4-3-8-11-5-6-14-8;;/h5-7H,2-4,10H2,1H3,(H,12,13);2*1H/t7-;;/m0../s1. The SMILES string of the molecule is CC[C@H](N)C(=O)NCCc1nccs1.Cl.Cl. The molecule has 0 aromatic carbocycles. The van der Waals surface area contributed by atoms with Gasteiger partial charge in [0.2, 0.25) is 5.91 Å². The van der Waals surface area contributed by atoms with E-state index < -0.39 is 0 Å². The largest absolute Gasteiger partial charge is 0.354 e. The Morgan fingerprint density at radius 3 is 2.81 bits per heavy atom. The molecule has 0 aliphatic rings. The van der Waals surface area contributed by atoms with E-state index in [1.807, 2.05) is 12.3 Å². The lowest BCUT2D eigenvalue weighted by Gasteiger charge is -2.08. The van der Waals surface area contributed by atoms with Crippen molar-refractivity contribution in [2.75, 3.05) is 6.54 Å². The van der Waals surface area contributed by atoms with Crippen LogP contribution in [0.5, 0.6) is 0 Å². The van der Waals surface area contributed by atoms with Crippen molar-refractivity contribution in [1.29, 1.82) is 0 Å². The van der Waals surface area contributed by atoms with Gasteiger partial charge in [0, 0.05) is 24.5 Å². The second kappa shape index (κ2) is 9.84. The average molecular weight is 286 g/mol. The van der Waals surface area contributed by atoms with Crippen molar-refractivity contribution in [1.82, 2.24) is 10.3 Å². The van der Waals surface area contributed by atoms with Gasteiger partial charge in [0.1, 0.15) is 0 Å². The first-order valence-corrected chi connectivity index (χ1v) is 5.53. The fourth-order valence-corrected chi connectivity index (χ4v) is 1.61. The number of aromatic nitrogens is 1. The number of rotatable bonds is 5. The van der Waals surface area contributed by atoms with Crippen LogP contribution in [0.4, 0.5) is 0 Å². The van der Waals surface area contributed by atoms with Gasteiger partial charge in [-0.2, -0.15) is 0 Å². The highest BCUT2D eigenvalue weighted by Gasteiger charge is 2.09. The van der Waals surface area contributed by atoms with Gasteiger partial charge in [0.15, 0.2) is 0 Å². The maximum atomic E-state index is 11.2. The summed E-state index contributed by atoms with van der Waals surface area (Å²) in [5.74, 6) is -0.0796. The lowest BCUT2D eigenvalue weighted by molar-refractivity contribution is -0.122. The summed E-state index contributed by atoms with van der Waals surface area (Å²) in [7, 11) is 0. The van der Waals surface area contributed by atoms with Crippen molar-refractivity contribution < 1.29 is 4.79 Å². The second-order valence-corrected chi connectivity index (χ2v) is 3.96. The van der Waals surface area contributed by atoms with E-state index in [1.54, 1.807) is 17.5 Å². The van der Waals surface area contributed by atoms with E-state index in [4.69, 9.17) is 5.73 Å². The topological polar surface area (TPSA) is 68.0 Å². The van der Waals surface area contributed by atoms with Crippen LogP contribution < -0.4 is 11.1 Å². The van der Waals surface area contributed by atoms with E-state index in [2.05, 4.69) is 10.3 Å². The van der Waals surface area contributed by atoms with Gasteiger partial charge in [0.05, 0.1) is 11.0 Å². The summed E-state index contributed by atoms with van der Waals surface area (Å²) in [6.45, 7) is 2.51. The van der Waals surface area contributed by atoms with Crippen LogP contribution in [0.3, 0.4) is 0 Å². The number of nitrogens with one attached hydrogen (secondary N) is 1. The zero-order chi connectivity index (χ0) is 10.4. The third-order valence-corrected chi connectivity index (χ3v) is 2.74. The van der Waals surface area contributed by atoms with E-state index in [-0.39, 0.29) is 36.8 Å². The highest BCUT2D eigenvalue weighted by Crippen LogP contribution is 2.03. The molecule has 0 saturated heterocycles. The third kappa shape index (κ3) is 6.27. The molecule has 3 N–H and O–H groups in total. The molecule has 4 nitrogen and oxygen atoms in total. The average Bonchev–Trinajstić information content (AvgIpc) is 2.69. The zero-order valence-electron chi connectivity index (χ0n) is 9.01. The Hall–Kier alpha value is -0.360. The normalized spacial score (nSPS) is 10.9. The van der Waals surface area contributed by atoms with Gasteiger partial charge < -0.3 is 11.1 Å². The number of nitrogens with two attached hydrogens (primary N) is 1. The zero-order valence-corrected chi connectivity index (χ0v) is 11.5. The van der Waals surface area contributed by atoms with Gasteiger partial charge in [-0.05, 0) is 6.42 Å². The van der Waals surface area contributed by atoms with E-state index >= 15 is 0 Å². The maximum absolute atomic E-state index is 11.2. The van der Waals surface area contributed by atoms with Gasteiger partial charge in [-0.3, -0.25) is 4.79 Å². The predicted octanol–water partition coefficient (Wildman–Crippen LogP) is 1.38. The first-order valence-electron chi connectivity index (χ1n) is 4.65. The molecule has 1 heterocycles. The summed E-state index contributed by atoms with van der Waals surface area (Å²) >= 11 is 1.60. The lowest BCUT2D eigenvalue weighted by Crippen LogP contribution is -2.40. The van der Waals surface area contributed by atoms with E-state index in [1.165, 1.54) is 0 Å². The third-order valence-electron chi connectivity index (χ3n) is 1.90. The Morgan fingerprint density at radius 2 is 2.31 bits per heavy atom. The monoisotopic (exact) mass is 285 g/mol. The number of amides is 1. The first-order chi connectivity index (χ1) is 6.74. The molecule has 1 atom stereocenters. The summed E-state index contributed by atoms with van der Waals surface area (Å²) in [4.78, 5) is 15.4. The number of hydrogen-bond acceptors (Lipinski definition) is 4. The summed E-state index contributed by atoms with van der Waals surface area (Å²) in [6.07, 6.45) is 3.21. The number of hydrogen-bond donors (Lipinski definition) is 2. The Bertz CT molecular complexity index is 282. The molecule has 1 amide bonds. The molecule has 0 unspecified atom stereocenters. The van der Waals surface area contributed by atoms with Crippen molar-refractivity contribution >= 4 is 42.1 Å². The Balaban J connectivity index is 0. The fraction of sp³-hybridized carbons (Fsp3) is 0.556. The van der Waals surface area contributed by atoms with Crippen LogP contribution in [0, 0.1) is 0 Å². The molecule has 0 bridgehead atoms. The van der Waals surface area contributed by atoms with Gasteiger partial charge in [-0.15, -0.1) is 36.2 Å². The number of carbonyl (C=O) groups is 1. The quantitative estimate of drug-likeness (QED) is 0.859. The molecular weight excluding hydrogens is 269 g/mol. The Kier molecular flexibility index (Phi) is 11.1. The molecule has 16 heavy (non-hydrogen) atoms. The maximum Gasteiger partial charge on any atom is 0.236 e. The number of thiazole rings is 1. The van der Waals surface area contributed by atoms with Crippen LogP contribution in [-0.4, -0.2) is 23.5 Å². The highest BCUT2D eigenvalue weighted by atomic mass is 35.5. The van der Waals surface area contributed by atoms with Crippen molar-refractivity contribution in [3.8, 4) is 0 Å². The number of nitrogens with zero attached hydrogens (tertiary/aromatic N) is 1. The van der Waals surface area contributed by atoms with E-state index in [0.29, 0.717) is 13.0 Å². The van der Waals surface area contributed by atoms with E-state index in [0.717, 1.165) is 11.4 Å². The number of carbonyl (C=O) groups excluding carboxylic acids is 1. The highest BCUT2D eigenvalue weighted by molar-refractivity contribution is 7.09. The van der Waals surface area contributed by atoms with Crippen LogP contribution >= 0.6 is 36.2 Å². The van der Waals surface area contributed by atoms with Crippen molar-refractivity contribution in [3.63, 3.8) is 0 Å².